The molecule has 2 heterocycles. The van der Waals surface area contributed by atoms with Crippen LogP contribution in [0.2, 0.25) is 4.34 Å². The summed E-state index contributed by atoms with van der Waals surface area (Å²) in [5, 5.41) is 2.94. The predicted molar refractivity (Wildman–Crippen MR) is 103 cm³/mol. The van der Waals surface area contributed by atoms with Crippen molar-refractivity contribution < 1.29 is 13.9 Å². The third-order valence-corrected chi connectivity index (χ3v) is 5.40. The highest BCUT2D eigenvalue weighted by atomic mass is 35.5. The average molecular weight is 395 g/mol. The summed E-state index contributed by atoms with van der Waals surface area (Å²) in [5.41, 5.74) is 0.975. The minimum atomic E-state index is -0.268. The van der Waals surface area contributed by atoms with Gasteiger partial charge in [-0.3, -0.25) is 9.69 Å². The number of amides is 1. The van der Waals surface area contributed by atoms with Crippen molar-refractivity contribution in [3.05, 3.63) is 63.1 Å². The molecule has 1 fully saturated rings. The molecule has 0 aliphatic carbocycles. The van der Waals surface area contributed by atoms with E-state index in [-0.39, 0.29) is 17.8 Å². The van der Waals surface area contributed by atoms with Gasteiger partial charge in [0.15, 0.2) is 0 Å². The first-order valence-corrected chi connectivity index (χ1v) is 9.60. The van der Waals surface area contributed by atoms with Gasteiger partial charge in [0.2, 0.25) is 5.91 Å². The molecule has 0 saturated carbocycles. The van der Waals surface area contributed by atoms with Crippen LogP contribution >= 0.6 is 22.9 Å². The van der Waals surface area contributed by atoms with Gasteiger partial charge in [0.1, 0.15) is 5.82 Å². The number of nitrogens with zero attached hydrogens (tertiary/aromatic N) is 1. The molecule has 1 amide bonds. The van der Waals surface area contributed by atoms with E-state index < -0.39 is 0 Å². The summed E-state index contributed by atoms with van der Waals surface area (Å²) in [5.74, 6) is -0.439. The summed E-state index contributed by atoms with van der Waals surface area (Å²) in [6.07, 6.45) is 3.25. The van der Waals surface area contributed by atoms with E-state index in [1.807, 2.05) is 6.07 Å². The fraction of sp³-hybridized carbons (Fsp3) is 0.316. The van der Waals surface area contributed by atoms with Crippen molar-refractivity contribution >= 4 is 34.9 Å². The Morgan fingerprint density at radius 3 is 2.65 bits per heavy atom. The standard InChI is InChI=1S/C19H20ClFN2O2S/c20-18-7-5-16(26-18)6-8-19(24)22-13-17(23-9-11-25-12-10-23)14-1-3-15(21)4-2-14/h1-8,17H,9-13H2,(H,22,24)/b8-6+/t17-/m0/s1. The first-order chi connectivity index (χ1) is 12.6. The lowest BCUT2D eigenvalue weighted by Crippen LogP contribution is -2.43. The highest BCUT2D eigenvalue weighted by molar-refractivity contribution is 7.17. The van der Waals surface area contributed by atoms with E-state index >= 15 is 0 Å². The maximum atomic E-state index is 13.2. The Morgan fingerprint density at radius 2 is 2.00 bits per heavy atom. The first kappa shape index (κ1) is 19.0. The fourth-order valence-corrected chi connectivity index (χ4v) is 3.83. The molecule has 1 atom stereocenters. The van der Waals surface area contributed by atoms with E-state index in [1.54, 1.807) is 24.3 Å². The summed E-state index contributed by atoms with van der Waals surface area (Å²) in [7, 11) is 0. The van der Waals surface area contributed by atoms with Crippen LogP contribution in [-0.4, -0.2) is 43.7 Å². The van der Waals surface area contributed by atoms with Crippen LogP contribution in [0.1, 0.15) is 16.5 Å². The van der Waals surface area contributed by atoms with Gasteiger partial charge in [-0.05, 0) is 35.9 Å². The summed E-state index contributed by atoms with van der Waals surface area (Å²) in [6, 6.07) is 10.1. The topological polar surface area (TPSA) is 41.6 Å². The molecular formula is C19H20ClFN2O2S. The Labute approximate surface area is 161 Å². The zero-order valence-electron chi connectivity index (χ0n) is 14.2. The minimum absolute atomic E-state index is 0.0203. The van der Waals surface area contributed by atoms with Crippen molar-refractivity contribution in [1.29, 1.82) is 0 Å². The maximum absolute atomic E-state index is 13.2. The molecule has 1 saturated heterocycles. The normalized spacial score (nSPS) is 16.7. The first-order valence-electron chi connectivity index (χ1n) is 8.40. The average Bonchev–Trinajstić information content (AvgIpc) is 3.08. The minimum Gasteiger partial charge on any atom is -0.379 e. The van der Waals surface area contributed by atoms with E-state index in [0.29, 0.717) is 24.1 Å². The van der Waals surface area contributed by atoms with Gasteiger partial charge >= 0.3 is 0 Å². The maximum Gasteiger partial charge on any atom is 0.244 e. The van der Waals surface area contributed by atoms with Crippen LogP contribution in [0.25, 0.3) is 6.08 Å². The van der Waals surface area contributed by atoms with Gasteiger partial charge in [-0.1, -0.05) is 23.7 Å². The molecule has 4 nitrogen and oxygen atoms in total. The quantitative estimate of drug-likeness (QED) is 0.759. The highest BCUT2D eigenvalue weighted by Gasteiger charge is 2.23. The van der Waals surface area contributed by atoms with E-state index in [2.05, 4.69) is 10.2 Å². The smallest absolute Gasteiger partial charge is 0.244 e. The fourth-order valence-electron chi connectivity index (χ4n) is 2.86. The predicted octanol–water partition coefficient (Wildman–Crippen LogP) is 3.74. The SMILES string of the molecule is O=C(/C=C/c1ccc(Cl)s1)NC[C@@H](c1ccc(F)cc1)N1CCOCC1. The molecule has 1 N–H and O–H groups in total. The number of carbonyl (C=O) groups excluding carboxylic acids is 1. The molecule has 7 heteroatoms. The monoisotopic (exact) mass is 394 g/mol. The number of halogens is 2. The molecule has 0 unspecified atom stereocenters. The second kappa shape index (κ2) is 9.28. The molecule has 1 aromatic carbocycles. The third kappa shape index (κ3) is 5.38. The van der Waals surface area contributed by atoms with Crippen LogP contribution < -0.4 is 5.32 Å². The number of nitrogens with one attached hydrogen (secondary N) is 1. The molecule has 0 spiro atoms. The Bertz CT molecular complexity index is 757. The van der Waals surface area contributed by atoms with Crippen molar-refractivity contribution in [3.8, 4) is 0 Å². The van der Waals surface area contributed by atoms with Crippen molar-refractivity contribution in [1.82, 2.24) is 10.2 Å². The molecule has 0 radical (unpaired) electrons. The number of ether oxygens (including phenoxy) is 1. The van der Waals surface area contributed by atoms with Crippen molar-refractivity contribution in [3.63, 3.8) is 0 Å². The zero-order valence-corrected chi connectivity index (χ0v) is 15.7. The third-order valence-electron chi connectivity index (χ3n) is 4.20. The number of carbonyl (C=O) groups is 1. The van der Waals surface area contributed by atoms with Crippen molar-refractivity contribution in [2.75, 3.05) is 32.8 Å². The van der Waals surface area contributed by atoms with Crippen molar-refractivity contribution in [2.45, 2.75) is 6.04 Å². The van der Waals surface area contributed by atoms with Crippen LogP contribution in [0.5, 0.6) is 0 Å². The van der Waals surface area contributed by atoms with Crippen LogP contribution in [0.3, 0.4) is 0 Å². The molecular weight excluding hydrogens is 375 g/mol. The van der Waals surface area contributed by atoms with Crippen LogP contribution in [-0.2, 0) is 9.53 Å². The second-order valence-corrected chi connectivity index (χ2v) is 7.68. The van der Waals surface area contributed by atoms with Crippen LogP contribution in [0.4, 0.5) is 4.39 Å². The number of benzene rings is 1. The van der Waals surface area contributed by atoms with E-state index in [0.717, 1.165) is 23.5 Å². The second-order valence-electron chi connectivity index (χ2n) is 5.94. The molecule has 26 heavy (non-hydrogen) atoms. The molecule has 0 bridgehead atoms. The van der Waals surface area contributed by atoms with Crippen molar-refractivity contribution in [2.24, 2.45) is 0 Å². The number of rotatable bonds is 6. The van der Waals surface area contributed by atoms with Gasteiger partial charge in [-0.15, -0.1) is 11.3 Å². The molecule has 1 aliphatic rings. The Kier molecular flexibility index (Phi) is 6.80. The molecule has 1 aliphatic heterocycles. The summed E-state index contributed by atoms with van der Waals surface area (Å²) < 4.78 is 19.3. The zero-order chi connectivity index (χ0) is 18.4. The van der Waals surface area contributed by atoms with Gasteiger partial charge < -0.3 is 10.1 Å². The van der Waals surface area contributed by atoms with E-state index in [9.17, 15) is 9.18 Å². The summed E-state index contributed by atoms with van der Waals surface area (Å²) in [6.45, 7) is 3.32. The Hall–Kier alpha value is -1.73. The van der Waals surface area contributed by atoms with Gasteiger partial charge in [-0.2, -0.15) is 0 Å². The lowest BCUT2D eigenvalue weighted by molar-refractivity contribution is -0.116. The summed E-state index contributed by atoms with van der Waals surface area (Å²) in [4.78, 5) is 15.3. The summed E-state index contributed by atoms with van der Waals surface area (Å²) >= 11 is 7.30. The van der Waals surface area contributed by atoms with Gasteiger partial charge in [0.25, 0.3) is 0 Å². The molecule has 3 rings (SSSR count). The van der Waals surface area contributed by atoms with Crippen LogP contribution in [0.15, 0.2) is 42.5 Å². The lowest BCUT2D eigenvalue weighted by atomic mass is 10.0. The Morgan fingerprint density at radius 1 is 1.27 bits per heavy atom. The highest BCUT2D eigenvalue weighted by Crippen LogP contribution is 2.23. The molecule has 1 aromatic heterocycles. The lowest BCUT2D eigenvalue weighted by Gasteiger charge is -2.34. The van der Waals surface area contributed by atoms with E-state index in [1.165, 1.54) is 29.5 Å². The number of thiophene rings is 1. The number of hydrogen-bond donors (Lipinski definition) is 1. The van der Waals surface area contributed by atoms with Gasteiger partial charge in [-0.25, -0.2) is 4.39 Å². The van der Waals surface area contributed by atoms with Gasteiger partial charge in [0, 0.05) is 30.6 Å². The molecule has 2 aromatic rings. The number of hydrogen-bond acceptors (Lipinski definition) is 4. The van der Waals surface area contributed by atoms with E-state index in [4.69, 9.17) is 16.3 Å². The Balaban J connectivity index is 1.64. The number of morpholine rings is 1. The molecule has 138 valence electrons. The largest absolute Gasteiger partial charge is 0.379 e. The van der Waals surface area contributed by atoms with Crippen LogP contribution in [0, 0.1) is 5.82 Å². The van der Waals surface area contributed by atoms with Gasteiger partial charge in [0.05, 0.1) is 23.6 Å².